The Morgan fingerprint density at radius 3 is 1.24 bits per heavy atom. The Morgan fingerprint density at radius 1 is 0.544 bits per heavy atom. The normalized spacial score (nSPS) is 29.6. The van der Waals surface area contributed by atoms with Gasteiger partial charge in [-0.1, -0.05) is 88.4 Å². The van der Waals surface area contributed by atoms with Gasteiger partial charge in [-0.25, -0.2) is 35.6 Å². The van der Waals surface area contributed by atoms with E-state index in [1.165, 1.54) is 24.0 Å². The molecule has 2 aromatic carbocycles. The highest BCUT2D eigenvalue weighted by atomic mass is 32.2. The highest BCUT2D eigenvalue weighted by Gasteiger charge is 2.66. The summed E-state index contributed by atoms with van der Waals surface area (Å²) >= 11 is 0. The number of allylic oxidation sites excluding steroid dienone is 4. The largest absolute Gasteiger partial charge is 0.494 e. The number of sulfonamides is 2. The number of hydrogen-bond donors (Lipinski definition) is 2. The fourth-order valence-corrected chi connectivity index (χ4v) is 20.3. The number of alkyl halides is 2. The predicted octanol–water partition coefficient (Wildman–Crippen LogP) is 11.0. The number of nitrogens with zero attached hydrogens (tertiary/aromatic N) is 4. The fraction of sp³-hybridized carbons (Fsp3) is 0.643. The molecule has 0 unspecified atom stereocenters. The van der Waals surface area contributed by atoms with Crippen LogP contribution in [-0.4, -0.2) is 197 Å². The van der Waals surface area contributed by atoms with Gasteiger partial charge in [0.2, 0.25) is 55.4 Å². The Labute approximate surface area is 667 Å². The summed E-state index contributed by atoms with van der Waals surface area (Å²) < 4.78 is 128. The molecule has 14 atom stereocenters. The number of esters is 2. The standard InChI is InChI=1S/2C42H56FN3O10S/c2*1-26-11-7-8-12-28-20-42(28,39(50)45-57(51,52)41(24-43)15-16-41)21-34(47)33-18-29(55-37-31-14-10-9-13-30(31)35(54-6)22-44-37)23-46(33)38(49)32(27(2)17-26)19-36(48)56-40(3,4)25-53-5/h2*8-10,12-14,22,26-29,32-33H,7,11,15-21,23-25H2,1-6H3,(H,45,50)/b2*12-8-/t26-,27+,28+,29+,32-,33-,42+;26-,27-,28-,29-,32+,33+,42-/m01/s1. The van der Waals surface area contributed by atoms with Crippen LogP contribution in [0.5, 0.6) is 23.3 Å². The topological polar surface area (TPSA) is 335 Å². The Kier molecular flexibility index (Phi) is 26.5. The number of hydrogen-bond acceptors (Lipinski definition) is 22. The van der Waals surface area contributed by atoms with Crippen LogP contribution < -0.4 is 28.4 Å². The Morgan fingerprint density at radius 2 is 0.904 bits per heavy atom. The van der Waals surface area contributed by atoms with Gasteiger partial charge < -0.3 is 47.7 Å². The number of carbonyl (C=O) groups excluding carboxylic acids is 8. The van der Waals surface area contributed by atoms with Crippen molar-refractivity contribution in [3.8, 4) is 23.3 Å². The maximum absolute atomic E-state index is 14.9. The van der Waals surface area contributed by atoms with E-state index in [1.807, 2.05) is 86.7 Å². The first-order valence-electron chi connectivity index (χ1n) is 39.8. The second-order valence-electron chi connectivity index (χ2n) is 34.6. The van der Waals surface area contributed by atoms with Gasteiger partial charge >= 0.3 is 11.9 Å². The number of fused-ring (bicyclic) bond motifs is 6. The van der Waals surface area contributed by atoms with Crippen molar-refractivity contribution in [2.24, 2.45) is 58.2 Å². The first-order chi connectivity index (χ1) is 54.0. The molecule has 4 amide bonds. The molecule has 4 aliphatic carbocycles. The molecule has 0 radical (unpaired) electrons. The number of pyridine rings is 2. The van der Waals surface area contributed by atoms with E-state index in [1.54, 1.807) is 54.3 Å². The van der Waals surface area contributed by atoms with E-state index >= 15 is 0 Å². The first-order valence-corrected chi connectivity index (χ1v) is 42.8. The number of nitrogens with one attached hydrogen (secondary N) is 2. The molecular weight excluding hydrogens is 1520 g/mol. The molecule has 0 spiro atoms. The molecule has 0 bridgehead atoms. The molecule has 4 aliphatic heterocycles. The third-order valence-electron chi connectivity index (χ3n) is 24.6. The Hall–Kier alpha value is -8.22. The molecule has 6 fully saturated rings. The van der Waals surface area contributed by atoms with Gasteiger partial charge in [0.05, 0.1) is 101 Å². The average Bonchev–Trinajstić information content (AvgIpc) is 1.56. The molecule has 624 valence electrons. The van der Waals surface area contributed by atoms with E-state index in [0.717, 1.165) is 23.6 Å². The van der Waals surface area contributed by atoms with Gasteiger partial charge in [0, 0.05) is 61.4 Å². The number of halogens is 2. The van der Waals surface area contributed by atoms with Gasteiger partial charge in [0.25, 0.3) is 0 Å². The zero-order valence-corrected chi connectivity index (χ0v) is 69.1. The van der Waals surface area contributed by atoms with Crippen LogP contribution in [0, 0.1) is 58.2 Å². The van der Waals surface area contributed by atoms with Crippen LogP contribution in [-0.2, 0) is 77.4 Å². The van der Waals surface area contributed by atoms with Crippen LogP contribution in [0.25, 0.3) is 21.5 Å². The summed E-state index contributed by atoms with van der Waals surface area (Å²) in [6.45, 7) is 13.0. The molecule has 2 aromatic heterocycles. The number of ketones is 2. The van der Waals surface area contributed by atoms with E-state index in [0.29, 0.717) is 48.0 Å². The van der Waals surface area contributed by atoms with E-state index < -0.39 is 160 Å². The number of rotatable bonds is 24. The monoisotopic (exact) mass is 1630 g/mol. The molecule has 4 aromatic rings. The lowest BCUT2D eigenvalue weighted by molar-refractivity contribution is -0.165. The number of amides is 4. The minimum atomic E-state index is -4.35. The molecule has 30 heteroatoms. The number of methoxy groups -OCH3 is 4. The summed E-state index contributed by atoms with van der Waals surface area (Å²) in [7, 11) is -2.58. The maximum Gasteiger partial charge on any atom is 0.307 e. The molecule has 2 N–H and O–H groups in total. The number of Topliss-reactive ketones (excluding diaryl/α,β-unsaturated/α-hetero) is 2. The molecular formula is C84H112F2N6O20S2. The number of ether oxygens (including phenoxy) is 8. The van der Waals surface area contributed by atoms with Crippen molar-refractivity contribution in [2.45, 2.75) is 216 Å². The van der Waals surface area contributed by atoms with E-state index in [9.17, 15) is 64.0 Å². The van der Waals surface area contributed by atoms with Crippen LogP contribution >= 0.6 is 0 Å². The van der Waals surface area contributed by atoms with Crippen LogP contribution in [0.3, 0.4) is 0 Å². The van der Waals surface area contributed by atoms with Crippen molar-refractivity contribution in [3.63, 3.8) is 0 Å². The van der Waals surface area contributed by atoms with Gasteiger partial charge in [-0.15, -0.1) is 0 Å². The van der Waals surface area contributed by atoms with Gasteiger partial charge in [-0.3, -0.25) is 47.8 Å². The smallest absolute Gasteiger partial charge is 0.307 e. The van der Waals surface area contributed by atoms with Crippen molar-refractivity contribution in [3.05, 3.63) is 85.2 Å². The molecule has 6 heterocycles. The lowest BCUT2D eigenvalue weighted by atomic mass is 9.82. The molecule has 26 nitrogen and oxygen atoms in total. The van der Waals surface area contributed by atoms with Crippen molar-refractivity contribution in [2.75, 3.05) is 68.1 Å². The van der Waals surface area contributed by atoms with Crippen LogP contribution in [0.1, 0.15) is 171 Å². The maximum atomic E-state index is 14.9. The summed E-state index contributed by atoms with van der Waals surface area (Å²) in [5.74, 6) is -5.63. The van der Waals surface area contributed by atoms with Crippen molar-refractivity contribution < 1.29 is 102 Å². The van der Waals surface area contributed by atoms with Crippen LogP contribution in [0.15, 0.2) is 85.2 Å². The van der Waals surface area contributed by atoms with Gasteiger partial charge in [0.15, 0.2) is 11.6 Å². The van der Waals surface area contributed by atoms with E-state index in [4.69, 9.17) is 37.9 Å². The van der Waals surface area contributed by atoms with Gasteiger partial charge in [-0.2, -0.15) is 0 Å². The second kappa shape index (κ2) is 34.9. The summed E-state index contributed by atoms with van der Waals surface area (Å²) in [6.07, 6.45) is 13.3. The Balaban J connectivity index is 0.000000225. The van der Waals surface area contributed by atoms with Crippen LogP contribution in [0.4, 0.5) is 8.78 Å². The lowest BCUT2D eigenvalue weighted by Crippen LogP contribution is -2.48. The Bertz CT molecular complexity index is 4290. The zero-order chi connectivity index (χ0) is 82.7. The first kappa shape index (κ1) is 86.6. The van der Waals surface area contributed by atoms with Crippen molar-refractivity contribution in [1.29, 1.82) is 0 Å². The molecule has 114 heavy (non-hydrogen) atoms. The molecule has 8 aliphatic rings. The number of benzene rings is 2. The lowest BCUT2D eigenvalue weighted by Gasteiger charge is -2.33. The third kappa shape index (κ3) is 19.1. The predicted molar refractivity (Wildman–Crippen MR) is 419 cm³/mol. The van der Waals surface area contributed by atoms with Crippen molar-refractivity contribution in [1.82, 2.24) is 29.2 Å². The summed E-state index contributed by atoms with van der Waals surface area (Å²) in [5, 5.41) is 2.87. The van der Waals surface area contributed by atoms with Gasteiger partial charge in [0.1, 0.15) is 57.8 Å². The van der Waals surface area contributed by atoms with E-state index in [2.05, 4.69) is 33.3 Å². The SMILES string of the molecule is COCC(C)(C)OC(=O)C[C@@H]1C(=O)N2C[C@H](Oc3ncc(OC)c4ccccc34)C[C@H]2C(=O)C[C@]2(C(=O)NS(=O)(=O)C3(CF)CC3)C[C@H]2/C=C\CC[C@@H](C)C[C@H]1C.COCC(C)(C)OC(=O)C[C@@H]1C(=O)N2C[C@H](Oc3ncc(OC)c4ccccc34)C[C@H]2C(=O)C[C@]2(C(=O)NS(=O)(=O)C3(CF)CC3)C[C@H]2/C=C\CC[C@H](C)C[C@H]1C. The van der Waals surface area contributed by atoms with Crippen molar-refractivity contribution >= 4 is 88.7 Å². The summed E-state index contributed by atoms with van der Waals surface area (Å²) in [6, 6.07) is 12.7. The highest BCUT2D eigenvalue weighted by molar-refractivity contribution is 7.92. The van der Waals surface area contributed by atoms with Gasteiger partial charge in [-0.05, 0) is 152 Å². The molecule has 2 saturated heterocycles. The zero-order valence-electron chi connectivity index (χ0n) is 67.5. The minimum absolute atomic E-state index is 0.00378. The number of aromatic nitrogens is 2. The van der Waals surface area contributed by atoms with Crippen LogP contribution in [0.2, 0.25) is 0 Å². The minimum Gasteiger partial charge on any atom is -0.494 e. The summed E-state index contributed by atoms with van der Waals surface area (Å²) in [5.41, 5.74) is -4.68. The quantitative estimate of drug-likeness (QED) is 0.0486. The fourth-order valence-electron chi connectivity index (χ4n) is 17.4. The molecule has 12 rings (SSSR count). The summed E-state index contributed by atoms with van der Waals surface area (Å²) in [4.78, 5) is 126. The van der Waals surface area contributed by atoms with E-state index in [-0.39, 0.29) is 139 Å². The second-order valence-corrected chi connectivity index (χ2v) is 38.8. The average molecular weight is 1630 g/mol. The third-order valence-corrected chi connectivity index (χ3v) is 28.8. The highest BCUT2D eigenvalue weighted by Crippen LogP contribution is 2.60. The number of carbonyl (C=O) groups is 8. The molecule has 4 saturated carbocycles.